The lowest BCUT2D eigenvalue weighted by molar-refractivity contribution is -0.138. The number of pyridine rings is 1. The van der Waals surface area contributed by atoms with Crippen LogP contribution in [0.25, 0.3) is 22.3 Å². The number of rotatable bonds is 4. The third kappa shape index (κ3) is 3.32. The summed E-state index contributed by atoms with van der Waals surface area (Å²) < 4.78 is 46.8. The number of esters is 1. The van der Waals surface area contributed by atoms with Gasteiger partial charge < -0.3 is 10.1 Å². The number of nitrogens with zero attached hydrogens (tertiary/aromatic N) is 3. The molecule has 0 saturated carbocycles. The molecule has 9 heteroatoms. The Morgan fingerprint density at radius 1 is 1.27 bits per heavy atom. The molecule has 6 nitrogen and oxygen atoms in total. The highest BCUT2D eigenvalue weighted by molar-refractivity contribution is 5.95. The molecular formula is C17H15F3N4O2. The zero-order chi connectivity index (χ0) is 18.9. The van der Waals surface area contributed by atoms with Crippen molar-refractivity contribution in [2.75, 3.05) is 19.0 Å². The first-order valence-electron chi connectivity index (χ1n) is 7.62. The summed E-state index contributed by atoms with van der Waals surface area (Å²) in [5.41, 5.74) is -0.0593. The van der Waals surface area contributed by atoms with Crippen LogP contribution < -0.4 is 5.32 Å². The van der Waals surface area contributed by atoms with Crippen LogP contribution in [0, 0.1) is 0 Å². The molecule has 2 aromatic heterocycles. The smallest absolute Gasteiger partial charge is 0.417 e. The van der Waals surface area contributed by atoms with Crippen molar-refractivity contribution in [2.45, 2.75) is 6.18 Å². The molecule has 0 saturated heterocycles. The van der Waals surface area contributed by atoms with Crippen LogP contribution in [0.5, 0.6) is 0 Å². The van der Waals surface area contributed by atoms with Crippen molar-refractivity contribution >= 4 is 22.8 Å². The van der Waals surface area contributed by atoms with Gasteiger partial charge in [-0.3, -0.25) is 4.79 Å². The minimum absolute atomic E-state index is 0.0612. The van der Waals surface area contributed by atoms with Crippen molar-refractivity contribution in [3.05, 3.63) is 42.0 Å². The number of benzene rings is 1. The van der Waals surface area contributed by atoms with Crippen molar-refractivity contribution < 1.29 is 22.7 Å². The van der Waals surface area contributed by atoms with E-state index in [2.05, 4.69) is 20.1 Å². The van der Waals surface area contributed by atoms with E-state index < -0.39 is 17.7 Å². The molecule has 0 aliphatic heterocycles. The average Bonchev–Trinajstić information content (AvgIpc) is 2.95. The lowest BCUT2D eigenvalue weighted by Gasteiger charge is -2.12. The third-order valence-corrected chi connectivity index (χ3v) is 3.79. The summed E-state index contributed by atoms with van der Waals surface area (Å²) in [5, 5.41) is 6.68. The quantitative estimate of drug-likeness (QED) is 0.720. The lowest BCUT2D eigenvalue weighted by atomic mass is 10.0. The number of aromatic nitrogens is 3. The van der Waals surface area contributed by atoms with Crippen molar-refractivity contribution in [1.82, 2.24) is 14.8 Å². The lowest BCUT2D eigenvalue weighted by Crippen LogP contribution is -2.17. The number of methoxy groups -OCH3 is 1. The standard InChI is InChI=1S/C17H15F3N4O2/c1-24-16-14(15(23-24)10-6-4-3-5-7-10)11(17(18,19)20)8-12(22-16)21-9-13(25)26-2/h3-8H,9H2,1-2H3,(H,21,22). The molecule has 1 N–H and O–H groups in total. The normalized spacial score (nSPS) is 11.6. The maximum Gasteiger partial charge on any atom is 0.417 e. The number of halogens is 3. The third-order valence-electron chi connectivity index (χ3n) is 3.79. The zero-order valence-electron chi connectivity index (χ0n) is 14.0. The first-order valence-corrected chi connectivity index (χ1v) is 7.62. The number of hydrogen-bond donors (Lipinski definition) is 1. The Balaban J connectivity index is 2.20. The highest BCUT2D eigenvalue weighted by Gasteiger charge is 2.36. The Bertz CT molecular complexity index is 952. The van der Waals surface area contributed by atoms with E-state index in [9.17, 15) is 18.0 Å². The van der Waals surface area contributed by atoms with Gasteiger partial charge in [0.25, 0.3) is 0 Å². The van der Waals surface area contributed by atoms with Crippen LogP contribution in [-0.4, -0.2) is 34.4 Å². The predicted octanol–water partition coefficient (Wildman–Crippen LogP) is 3.24. The second-order valence-electron chi connectivity index (χ2n) is 5.52. The van der Waals surface area contributed by atoms with Gasteiger partial charge >= 0.3 is 12.1 Å². The summed E-state index contributed by atoms with van der Waals surface area (Å²) in [5.74, 6) is -0.701. The van der Waals surface area contributed by atoms with Gasteiger partial charge in [-0.2, -0.15) is 18.3 Å². The molecule has 0 radical (unpaired) electrons. The SMILES string of the molecule is COC(=O)CNc1cc(C(F)(F)F)c2c(-c3ccccc3)nn(C)c2n1. The maximum atomic E-state index is 13.7. The topological polar surface area (TPSA) is 69.0 Å². The van der Waals surface area contributed by atoms with Crippen molar-refractivity contribution in [3.63, 3.8) is 0 Å². The van der Waals surface area contributed by atoms with E-state index in [1.54, 1.807) is 30.3 Å². The molecule has 0 spiro atoms. The van der Waals surface area contributed by atoms with Gasteiger partial charge in [-0.15, -0.1) is 0 Å². The Morgan fingerprint density at radius 2 is 1.96 bits per heavy atom. The molecule has 3 aromatic rings. The van der Waals surface area contributed by atoms with Gasteiger partial charge in [0.05, 0.1) is 18.1 Å². The van der Waals surface area contributed by atoms with Gasteiger partial charge in [0, 0.05) is 12.6 Å². The summed E-state index contributed by atoms with van der Waals surface area (Å²) in [4.78, 5) is 15.4. The van der Waals surface area contributed by atoms with Crippen LogP contribution in [0.4, 0.5) is 19.0 Å². The van der Waals surface area contributed by atoms with E-state index in [1.165, 1.54) is 18.8 Å². The molecule has 0 amide bonds. The first-order chi connectivity index (χ1) is 12.3. The van der Waals surface area contributed by atoms with Gasteiger partial charge in [-0.1, -0.05) is 30.3 Å². The second-order valence-corrected chi connectivity index (χ2v) is 5.52. The van der Waals surface area contributed by atoms with Gasteiger partial charge in [0.15, 0.2) is 5.65 Å². The molecule has 0 bridgehead atoms. The average molecular weight is 364 g/mol. The summed E-state index contributed by atoms with van der Waals surface area (Å²) >= 11 is 0. The maximum absolute atomic E-state index is 13.7. The van der Waals surface area contributed by atoms with E-state index in [1.807, 2.05) is 0 Å². The van der Waals surface area contributed by atoms with Crippen molar-refractivity contribution in [2.24, 2.45) is 7.05 Å². The Morgan fingerprint density at radius 3 is 2.58 bits per heavy atom. The van der Waals surface area contributed by atoms with Gasteiger partial charge in [-0.25, -0.2) is 9.67 Å². The minimum Gasteiger partial charge on any atom is -0.468 e. The van der Waals surface area contributed by atoms with Crippen LogP contribution in [0.3, 0.4) is 0 Å². The zero-order valence-corrected chi connectivity index (χ0v) is 14.0. The van der Waals surface area contributed by atoms with Crippen LogP contribution in [0.1, 0.15) is 5.56 Å². The van der Waals surface area contributed by atoms with E-state index in [4.69, 9.17) is 0 Å². The predicted molar refractivity (Wildman–Crippen MR) is 89.5 cm³/mol. The molecule has 3 rings (SSSR count). The summed E-state index contributed by atoms with van der Waals surface area (Å²) in [6.45, 7) is -0.296. The second kappa shape index (κ2) is 6.66. The summed E-state index contributed by atoms with van der Waals surface area (Å²) in [6.07, 6.45) is -4.62. The van der Waals surface area contributed by atoms with E-state index >= 15 is 0 Å². The van der Waals surface area contributed by atoms with Crippen LogP contribution in [0.2, 0.25) is 0 Å². The fourth-order valence-corrected chi connectivity index (χ4v) is 2.59. The van der Waals surface area contributed by atoms with E-state index in [-0.39, 0.29) is 29.1 Å². The number of hydrogen-bond acceptors (Lipinski definition) is 5. The van der Waals surface area contributed by atoms with E-state index in [0.717, 1.165) is 6.07 Å². The van der Waals surface area contributed by atoms with Crippen molar-refractivity contribution in [3.8, 4) is 11.3 Å². The number of aryl methyl sites for hydroxylation is 1. The highest BCUT2D eigenvalue weighted by Crippen LogP contribution is 2.39. The molecule has 26 heavy (non-hydrogen) atoms. The molecule has 1 aromatic carbocycles. The number of carbonyl (C=O) groups is 1. The molecule has 0 aliphatic carbocycles. The molecular weight excluding hydrogens is 349 g/mol. The first kappa shape index (κ1) is 17.7. The highest BCUT2D eigenvalue weighted by atomic mass is 19.4. The van der Waals surface area contributed by atoms with Crippen LogP contribution in [0.15, 0.2) is 36.4 Å². The molecule has 0 unspecified atom stereocenters. The fourth-order valence-electron chi connectivity index (χ4n) is 2.59. The Kier molecular flexibility index (Phi) is 4.54. The molecule has 136 valence electrons. The number of nitrogens with one attached hydrogen (secondary N) is 1. The molecule has 0 atom stereocenters. The monoisotopic (exact) mass is 364 g/mol. The number of fused-ring (bicyclic) bond motifs is 1. The number of anilines is 1. The Labute approximate surface area is 146 Å². The molecule has 2 heterocycles. The van der Waals surface area contributed by atoms with Crippen molar-refractivity contribution in [1.29, 1.82) is 0 Å². The summed E-state index contributed by atoms with van der Waals surface area (Å²) in [7, 11) is 2.71. The number of alkyl halides is 3. The minimum atomic E-state index is -4.62. The van der Waals surface area contributed by atoms with Crippen LogP contribution in [-0.2, 0) is 22.8 Å². The number of carbonyl (C=O) groups excluding carboxylic acids is 1. The number of ether oxygens (including phenoxy) is 1. The fraction of sp³-hybridized carbons (Fsp3) is 0.235. The van der Waals surface area contributed by atoms with Gasteiger partial charge in [0.1, 0.15) is 18.1 Å². The van der Waals surface area contributed by atoms with Crippen LogP contribution >= 0.6 is 0 Å². The molecule has 0 fully saturated rings. The van der Waals surface area contributed by atoms with E-state index in [0.29, 0.717) is 5.56 Å². The largest absolute Gasteiger partial charge is 0.468 e. The van der Waals surface area contributed by atoms with Gasteiger partial charge in [0.2, 0.25) is 0 Å². The molecule has 0 aliphatic rings. The Hall–Kier alpha value is -3.10. The van der Waals surface area contributed by atoms with Gasteiger partial charge in [-0.05, 0) is 6.07 Å². The summed E-state index contributed by atoms with van der Waals surface area (Å²) in [6, 6.07) is 9.47.